The standard InChI is InChI=1S/C9H17NO4S/c1-14-8-9-2-4-10(5-3-9)15(12,13)7-6-11/h2,11H,3-8H2,1H3. The van der Waals surface area contributed by atoms with Crippen molar-refractivity contribution >= 4 is 10.0 Å². The minimum Gasteiger partial charge on any atom is -0.395 e. The summed E-state index contributed by atoms with van der Waals surface area (Å²) >= 11 is 0. The maximum atomic E-state index is 11.6. The van der Waals surface area contributed by atoms with E-state index in [1.807, 2.05) is 6.08 Å². The van der Waals surface area contributed by atoms with Crippen LogP contribution in [0.2, 0.25) is 0 Å². The van der Waals surface area contributed by atoms with E-state index >= 15 is 0 Å². The van der Waals surface area contributed by atoms with E-state index in [4.69, 9.17) is 9.84 Å². The highest BCUT2D eigenvalue weighted by Crippen LogP contribution is 2.14. The highest BCUT2D eigenvalue weighted by Gasteiger charge is 2.23. The average molecular weight is 235 g/mol. The molecule has 5 nitrogen and oxygen atoms in total. The SMILES string of the molecule is COCC1=CCN(S(=O)(=O)CCO)CC1. The fourth-order valence-corrected chi connectivity index (χ4v) is 2.67. The maximum absolute atomic E-state index is 11.6. The van der Waals surface area contributed by atoms with Crippen molar-refractivity contribution in [2.24, 2.45) is 0 Å². The molecule has 0 aromatic carbocycles. The molecule has 6 heteroatoms. The minimum absolute atomic E-state index is 0.194. The van der Waals surface area contributed by atoms with Crippen LogP contribution >= 0.6 is 0 Å². The molecular weight excluding hydrogens is 218 g/mol. The second-order valence-electron chi connectivity index (χ2n) is 3.44. The van der Waals surface area contributed by atoms with Crippen LogP contribution in [0.25, 0.3) is 0 Å². The molecule has 0 unspecified atom stereocenters. The normalized spacial score (nSPS) is 18.9. The Morgan fingerprint density at radius 2 is 2.33 bits per heavy atom. The van der Waals surface area contributed by atoms with E-state index in [1.165, 1.54) is 4.31 Å². The van der Waals surface area contributed by atoms with Crippen molar-refractivity contribution in [3.63, 3.8) is 0 Å². The van der Waals surface area contributed by atoms with Crippen LogP contribution in [0.3, 0.4) is 0 Å². The van der Waals surface area contributed by atoms with Crippen LogP contribution in [0.4, 0.5) is 0 Å². The summed E-state index contributed by atoms with van der Waals surface area (Å²) in [5, 5.41) is 8.63. The Kier molecular flexibility index (Phi) is 4.72. The second kappa shape index (κ2) is 5.60. The molecule has 0 bridgehead atoms. The van der Waals surface area contributed by atoms with Gasteiger partial charge in [-0.2, -0.15) is 4.31 Å². The largest absolute Gasteiger partial charge is 0.395 e. The van der Waals surface area contributed by atoms with Gasteiger partial charge in [-0.25, -0.2) is 8.42 Å². The van der Waals surface area contributed by atoms with E-state index in [-0.39, 0.29) is 12.4 Å². The quantitative estimate of drug-likeness (QED) is 0.658. The van der Waals surface area contributed by atoms with Gasteiger partial charge in [-0.15, -0.1) is 0 Å². The van der Waals surface area contributed by atoms with Gasteiger partial charge in [-0.3, -0.25) is 0 Å². The molecule has 0 saturated carbocycles. The first-order chi connectivity index (χ1) is 7.10. The number of hydrogen-bond donors (Lipinski definition) is 1. The molecule has 0 fully saturated rings. The smallest absolute Gasteiger partial charge is 0.216 e. The molecular formula is C9H17NO4S. The first kappa shape index (κ1) is 12.6. The number of aliphatic hydroxyl groups is 1. The summed E-state index contributed by atoms with van der Waals surface area (Å²) in [6.45, 7) is 1.11. The molecule has 88 valence electrons. The average Bonchev–Trinajstić information content (AvgIpc) is 2.19. The first-order valence-corrected chi connectivity index (χ1v) is 6.46. The van der Waals surface area contributed by atoms with Crippen molar-refractivity contribution in [1.29, 1.82) is 0 Å². The van der Waals surface area contributed by atoms with Gasteiger partial charge in [0.2, 0.25) is 10.0 Å². The van der Waals surface area contributed by atoms with Crippen LogP contribution in [0.5, 0.6) is 0 Å². The Morgan fingerprint density at radius 3 is 2.80 bits per heavy atom. The summed E-state index contributed by atoms with van der Waals surface area (Å²) in [6.07, 6.45) is 2.58. The molecule has 0 atom stereocenters. The maximum Gasteiger partial charge on any atom is 0.216 e. The Morgan fingerprint density at radius 1 is 1.60 bits per heavy atom. The third kappa shape index (κ3) is 3.57. The summed E-state index contributed by atoms with van der Waals surface area (Å²) in [5.41, 5.74) is 1.13. The topological polar surface area (TPSA) is 66.8 Å². The Balaban J connectivity index is 2.57. The zero-order valence-corrected chi connectivity index (χ0v) is 9.66. The summed E-state index contributed by atoms with van der Waals surface area (Å²) < 4.78 is 29.5. The molecule has 0 aliphatic carbocycles. The van der Waals surface area contributed by atoms with Gasteiger partial charge in [0.1, 0.15) is 0 Å². The van der Waals surface area contributed by atoms with Crippen molar-refractivity contribution in [2.75, 3.05) is 39.2 Å². The number of methoxy groups -OCH3 is 1. The predicted octanol–water partition coefficient (Wildman–Crippen LogP) is -0.413. The van der Waals surface area contributed by atoms with Crippen molar-refractivity contribution in [3.05, 3.63) is 11.6 Å². The Hall–Kier alpha value is -0.430. The number of rotatable bonds is 5. The van der Waals surface area contributed by atoms with Gasteiger partial charge in [-0.1, -0.05) is 6.08 Å². The van der Waals surface area contributed by atoms with Gasteiger partial charge in [-0.05, 0) is 12.0 Å². The van der Waals surface area contributed by atoms with Crippen LogP contribution in [0.1, 0.15) is 6.42 Å². The molecule has 1 rings (SSSR count). The molecule has 1 aliphatic heterocycles. The molecule has 1 aliphatic rings. The molecule has 0 spiro atoms. The van der Waals surface area contributed by atoms with Gasteiger partial charge in [0.05, 0.1) is 19.0 Å². The monoisotopic (exact) mass is 235 g/mol. The summed E-state index contributed by atoms with van der Waals surface area (Å²) in [6, 6.07) is 0. The van der Waals surface area contributed by atoms with Gasteiger partial charge < -0.3 is 9.84 Å². The van der Waals surface area contributed by atoms with E-state index in [2.05, 4.69) is 0 Å². The Bertz CT molecular complexity index is 323. The second-order valence-corrected chi connectivity index (χ2v) is 5.53. The third-order valence-corrected chi connectivity index (χ3v) is 4.16. The van der Waals surface area contributed by atoms with E-state index in [0.29, 0.717) is 26.1 Å². The molecule has 0 saturated heterocycles. The number of aliphatic hydroxyl groups excluding tert-OH is 1. The summed E-state index contributed by atoms with van der Waals surface area (Å²) in [5.74, 6) is -0.194. The van der Waals surface area contributed by atoms with Crippen molar-refractivity contribution in [1.82, 2.24) is 4.31 Å². The minimum atomic E-state index is -3.27. The summed E-state index contributed by atoms with van der Waals surface area (Å²) in [4.78, 5) is 0. The van der Waals surface area contributed by atoms with E-state index in [1.54, 1.807) is 7.11 Å². The van der Waals surface area contributed by atoms with E-state index in [9.17, 15) is 8.42 Å². The van der Waals surface area contributed by atoms with Crippen LogP contribution < -0.4 is 0 Å². The number of ether oxygens (including phenoxy) is 1. The van der Waals surface area contributed by atoms with Crippen LogP contribution in [-0.4, -0.2) is 57.0 Å². The lowest BCUT2D eigenvalue weighted by Crippen LogP contribution is -2.37. The lowest BCUT2D eigenvalue weighted by Gasteiger charge is -2.25. The van der Waals surface area contributed by atoms with Crippen molar-refractivity contribution in [3.8, 4) is 0 Å². The predicted molar refractivity (Wildman–Crippen MR) is 57.0 cm³/mol. The molecule has 0 radical (unpaired) electrons. The van der Waals surface area contributed by atoms with Gasteiger partial charge in [0, 0.05) is 20.2 Å². The van der Waals surface area contributed by atoms with E-state index < -0.39 is 10.0 Å². The fraction of sp³-hybridized carbons (Fsp3) is 0.778. The van der Waals surface area contributed by atoms with E-state index in [0.717, 1.165) is 5.57 Å². The third-order valence-electron chi connectivity index (χ3n) is 2.34. The van der Waals surface area contributed by atoms with Crippen LogP contribution in [-0.2, 0) is 14.8 Å². The number of hydrogen-bond acceptors (Lipinski definition) is 4. The highest BCUT2D eigenvalue weighted by molar-refractivity contribution is 7.89. The highest BCUT2D eigenvalue weighted by atomic mass is 32.2. The molecule has 0 aromatic heterocycles. The molecule has 0 amide bonds. The summed E-state index contributed by atoms with van der Waals surface area (Å²) in [7, 11) is -1.65. The first-order valence-electron chi connectivity index (χ1n) is 4.85. The fourth-order valence-electron chi connectivity index (χ4n) is 1.51. The van der Waals surface area contributed by atoms with Gasteiger partial charge >= 0.3 is 0 Å². The molecule has 1 heterocycles. The lowest BCUT2D eigenvalue weighted by atomic mass is 10.1. The van der Waals surface area contributed by atoms with Crippen molar-refractivity contribution in [2.45, 2.75) is 6.42 Å². The lowest BCUT2D eigenvalue weighted by molar-refractivity contribution is 0.219. The van der Waals surface area contributed by atoms with Crippen molar-refractivity contribution < 1.29 is 18.3 Å². The molecule has 15 heavy (non-hydrogen) atoms. The van der Waals surface area contributed by atoms with Gasteiger partial charge in [0.15, 0.2) is 0 Å². The number of sulfonamides is 1. The molecule has 1 N–H and O–H groups in total. The molecule has 0 aromatic rings. The van der Waals surface area contributed by atoms with Crippen LogP contribution in [0, 0.1) is 0 Å². The van der Waals surface area contributed by atoms with Crippen LogP contribution in [0.15, 0.2) is 11.6 Å². The zero-order valence-electron chi connectivity index (χ0n) is 8.85. The zero-order chi connectivity index (χ0) is 11.3. The number of nitrogens with zero attached hydrogens (tertiary/aromatic N) is 1. The van der Waals surface area contributed by atoms with Gasteiger partial charge in [0.25, 0.3) is 0 Å². The Labute approximate surface area is 90.4 Å².